The van der Waals surface area contributed by atoms with E-state index < -0.39 is 17.5 Å². The molecule has 1 heterocycles. The fourth-order valence-corrected chi connectivity index (χ4v) is 2.44. The monoisotopic (exact) mass is 354 g/mol. The second-order valence-electron chi connectivity index (χ2n) is 5.44. The van der Waals surface area contributed by atoms with Crippen LogP contribution in [0.3, 0.4) is 0 Å². The minimum absolute atomic E-state index is 0.0718. The van der Waals surface area contributed by atoms with Crippen LogP contribution in [-0.4, -0.2) is 22.6 Å². The molecule has 7 heteroatoms. The van der Waals surface area contributed by atoms with E-state index in [0.29, 0.717) is 12.4 Å². The molecule has 0 atom stereocenters. The Labute approximate surface area is 149 Å². The van der Waals surface area contributed by atoms with Crippen molar-refractivity contribution >= 4 is 23.1 Å². The normalized spacial score (nSPS) is 10.4. The maximum atomic E-state index is 13.2. The van der Waals surface area contributed by atoms with E-state index in [1.807, 2.05) is 42.2 Å². The Balaban J connectivity index is 1.76. The lowest BCUT2D eigenvalue weighted by atomic mass is 10.2. The first-order chi connectivity index (χ1) is 12.6. The van der Waals surface area contributed by atoms with Gasteiger partial charge in [0, 0.05) is 24.0 Å². The topological polar surface area (TPSA) is 58.1 Å². The van der Waals surface area contributed by atoms with E-state index >= 15 is 0 Å². The molecule has 3 rings (SSSR count). The van der Waals surface area contributed by atoms with Crippen molar-refractivity contribution in [3.63, 3.8) is 0 Å². The number of carbonyl (C=O) groups excluding carboxylic acids is 1. The lowest BCUT2D eigenvalue weighted by molar-refractivity contribution is 0.102. The first-order valence-corrected chi connectivity index (χ1v) is 8.01. The van der Waals surface area contributed by atoms with Gasteiger partial charge in [0.1, 0.15) is 0 Å². The van der Waals surface area contributed by atoms with Crippen molar-refractivity contribution in [2.45, 2.75) is 6.92 Å². The first kappa shape index (κ1) is 17.5. The molecule has 5 nitrogen and oxygen atoms in total. The van der Waals surface area contributed by atoms with Crippen LogP contribution in [-0.2, 0) is 0 Å². The summed E-state index contributed by atoms with van der Waals surface area (Å²) in [5.74, 6) is -1.97. The first-order valence-electron chi connectivity index (χ1n) is 8.01. The minimum Gasteiger partial charge on any atom is -0.325 e. The molecule has 0 saturated heterocycles. The van der Waals surface area contributed by atoms with Gasteiger partial charge in [-0.3, -0.25) is 4.79 Å². The van der Waals surface area contributed by atoms with Gasteiger partial charge in [-0.15, -0.1) is 10.2 Å². The van der Waals surface area contributed by atoms with Crippen molar-refractivity contribution < 1.29 is 13.6 Å². The number of halogens is 2. The Morgan fingerprint density at radius 3 is 2.38 bits per heavy atom. The Kier molecular flexibility index (Phi) is 5.17. The number of hydrogen-bond donors (Lipinski definition) is 1. The standard InChI is InChI=1S/C19H16F2N4O/c1-2-25(14-6-4-3-5-7-14)18-11-10-17(23-24-18)19(26)22-13-8-9-15(20)16(21)12-13/h3-12H,2H2,1H3,(H,22,26). The van der Waals surface area contributed by atoms with Gasteiger partial charge in [0.25, 0.3) is 5.91 Å². The summed E-state index contributed by atoms with van der Waals surface area (Å²) in [5.41, 5.74) is 1.17. The van der Waals surface area contributed by atoms with Crippen LogP contribution < -0.4 is 10.2 Å². The van der Waals surface area contributed by atoms with Gasteiger partial charge >= 0.3 is 0 Å². The molecule has 0 fully saturated rings. The molecule has 0 aliphatic carbocycles. The number of aromatic nitrogens is 2. The summed E-state index contributed by atoms with van der Waals surface area (Å²) in [6.45, 7) is 2.66. The molecule has 0 radical (unpaired) electrons. The molecule has 0 aliphatic heterocycles. The smallest absolute Gasteiger partial charge is 0.276 e. The molecular weight excluding hydrogens is 338 g/mol. The average molecular weight is 354 g/mol. The Bertz CT molecular complexity index is 901. The molecule has 2 aromatic carbocycles. The highest BCUT2D eigenvalue weighted by molar-refractivity contribution is 6.02. The highest BCUT2D eigenvalue weighted by atomic mass is 19.2. The van der Waals surface area contributed by atoms with Gasteiger partial charge in [-0.25, -0.2) is 8.78 Å². The molecule has 0 unspecified atom stereocenters. The largest absolute Gasteiger partial charge is 0.325 e. The summed E-state index contributed by atoms with van der Waals surface area (Å²) in [6.07, 6.45) is 0. The molecule has 0 spiro atoms. The summed E-state index contributed by atoms with van der Waals surface area (Å²) in [5, 5.41) is 10.5. The van der Waals surface area contributed by atoms with Crippen LogP contribution in [0, 0.1) is 11.6 Å². The summed E-state index contributed by atoms with van der Waals surface area (Å²) < 4.78 is 26.2. The van der Waals surface area contributed by atoms with E-state index in [-0.39, 0.29) is 11.4 Å². The van der Waals surface area contributed by atoms with Crippen molar-refractivity contribution in [3.8, 4) is 0 Å². The molecule has 1 aromatic heterocycles. The van der Waals surface area contributed by atoms with E-state index in [9.17, 15) is 13.6 Å². The van der Waals surface area contributed by atoms with Crippen LogP contribution >= 0.6 is 0 Å². The number of rotatable bonds is 5. The number of carbonyl (C=O) groups is 1. The number of anilines is 3. The van der Waals surface area contributed by atoms with Gasteiger partial charge < -0.3 is 10.2 Å². The maximum absolute atomic E-state index is 13.2. The summed E-state index contributed by atoms with van der Waals surface area (Å²) in [6, 6.07) is 16.0. The molecule has 3 aromatic rings. The van der Waals surface area contributed by atoms with Gasteiger partial charge in [-0.2, -0.15) is 0 Å². The fourth-order valence-electron chi connectivity index (χ4n) is 2.44. The van der Waals surface area contributed by atoms with Gasteiger partial charge in [0.15, 0.2) is 23.1 Å². The van der Waals surface area contributed by atoms with Gasteiger partial charge in [-0.1, -0.05) is 18.2 Å². The summed E-state index contributed by atoms with van der Waals surface area (Å²) in [7, 11) is 0. The highest BCUT2D eigenvalue weighted by Crippen LogP contribution is 2.22. The molecule has 0 aliphatic rings. The zero-order chi connectivity index (χ0) is 18.5. The number of para-hydroxylation sites is 1. The third-order valence-electron chi connectivity index (χ3n) is 3.72. The van der Waals surface area contributed by atoms with Crippen molar-refractivity contribution in [2.75, 3.05) is 16.8 Å². The summed E-state index contributed by atoms with van der Waals surface area (Å²) in [4.78, 5) is 14.1. The van der Waals surface area contributed by atoms with Crippen molar-refractivity contribution in [3.05, 3.63) is 78.0 Å². The zero-order valence-electron chi connectivity index (χ0n) is 14.0. The third-order valence-corrected chi connectivity index (χ3v) is 3.72. The molecule has 132 valence electrons. The van der Waals surface area contributed by atoms with Crippen LogP contribution in [0.5, 0.6) is 0 Å². The quantitative estimate of drug-likeness (QED) is 0.747. The summed E-state index contributed by atoms with van der Waals surface area (Å²) >= 11 is 0. The van der Waals surface area contributed by atoms with Gasteiger partial charge in [-0.05, 0) is 43.3 Å². The number of hydrogen-bond acceptors (Lipinski definition) is 4. The van der Waals surface area contributed by atoms with Crippen LogP contribution in [0.1, 0.15) is 17.4 Å². The van der Waals surface area contributed by atoms with E-state index in [1.165, 1.54) is 12.1 Å². The number of nitrogens with zero attached hydrogens (tertiary/aromatic N) is 3. The number of amides is 1. The molecular formula is C19H16F2N4O. The predicted molar refractivity (Wildman–Crippen MR) is 95.5 cm³/mol. The van der Waals surface area contributed by atoms with Crippen LogP contribution in [0.15, 0.2) is 60.7 Å². The van der Waals surface area contributed by atoms with Crippen molar-refractivity contribution in [1.82, 2.24) is 10.2 Å². The number of benzene rings is 2. The minimum atomic E-state index is -1.04. The van der Waals surface area contributed by atoms with Gasteiger partial charge in [0.2, 0.25) is 0 Å². The van der Waals surface area contributed by atoms with E-state index in [0.717, 1.165) is 17.8 Å². The fraction of sp³-hybridized carbons (Fsp3) is 0.105. The lowest BCUT2D eigenvalue weighted by Gasteiger charge is -2.21. The van der Waals surface area contributed by atoms with E-state index in [2.05, 4.69) is 15.5 Å². The molecule has 26 heavy (non-hydrogen) atoms. The van der Waals surface area contributed by atoms with E-state index in [1.54, 1.807) is 6.07 Å². The molecule has 1 amide bonds. The average Bonchev–Trinajstić information content (AvgIpc) is 2.67. The maximum Gasteiger partial charge on any atom is 0.276 e. The van der Waals surface area contributed by atoms with Crippen LogP contribution in [0.2, 0.25) is 0 Å². The van der Waals surface area contributed by atoms with Crippen LogP contribution in [0.4, 0.5) is 26.0 Å². The van der Waals surface area contributed by atoms with E-state index in [4.69, 9.17) is 0 Å². The van der Waals surface area contributed by atoms with Crippen molar-refractivity contribution in [2.24, 2.45) is 0 Å². The second kappa shape index (κ2) is 7.69. The highest BCUT2D eigenvalue weighted by Gasteiger charge is 2.13. The van der Waals surface area contributed by atoms with Crippen molar-refractivity contribution in [1.29, 1.82) is 0 Å². The Morgan fingerprint density at radius 2 is 1.77 bits per heavy atom. The molecule has 0 saturated carbocycles. The molecule has 1 N–H and O–H groups in total. The third kappa shape index (κ3) is 3.83. The zero-order valence-corrected chi connectivity index (χ0v) is 14.0. The predicted octanol–water partition coefficient (Wildman–Crippen LogP) is 4.17. The SMILES string of the molecule is CCN(c1ccccc1)c1ccc(C(=O)Nc2ccc(F)c(F)c2)nn1. The molecule has 0 bridgehead atoms. The second-order valence-corrected chi connectivity index (χ2v) is 5.44. The van der Waals surface area contributed by atoms with Gasteiger partial charge in [0.05, 0.1) is 0 Å². The Hall–Kier alpha value is -3.35. The Morgan fingerprint density at radius 1 is 1.00 bits per heavy atom. The number of nitrogens with one attached hydrogen (secondary N) is 1. The van der Waals surface area contributed by atoms with Crippen LogP contribution in [0.25, 0.3) is 0 Å². The lowest BCUT2D eigenvalue weighted by Crippen LogP contribution is -2.19.